The second-order valence-electron chi connectivity index (χ2n) is 5.56. The van der Waals surface area contributed by atoms with Crippen molar-refractivity contribution in [2.24, 2.45) is 0 Å². The molecule has 25 heavy (non-hydrogen) atoms. The molecule has 0 unspecified atom stereocenters. The number of anilines is 2. The fourth-order valence-electron chi connectivity index (χ4n) is 2.74. The highest BCUT2D eigenvalue weighted by atomic mass is 79.9. The lowest BCUT2D eigenvalue weighted by Crippen LogP contribution is -2.36. The summed E-state index contributed by atoms with van der Waals surface area (Å²) >= 11 is 9.50. The fraction of sp³-hybridized carbons (Fsp3) is 0.278. The van der Waals surface area contributed by atoms with E-state index in [1.807, 2.05) is 18.2 Å². The van der Waals surface area contributed by atoms with Gasteiger partial charge in [0.1, 0.15) is 5.75 Å². The number of benzene rings is 2. The van der Waals surface area contributed by atoms with Crippen molar-refractivity contribution >= 4 is 44.8 Å². The van der Waals surface area contributed by atoms with Crippen molar-refractivity contribution in [3.05, 3.63) is 51.5 Å². The van der Waals surface area contributed by atoms with Crippen molar-refractivity contribution in [1.29, 1.82) is 0 Å². The van der Waals surface area contributed by atoms with Crippen LogP contribution in [0.25, 0.3) is 0 Å². The predicted molar refractivity (Wildman–Crippen MR) is 103 cm³/mol. The number of nitrogens with zero attached hydrogens (tertiary/aromatic N) is 1. The molecule has 1 saturated heterocycles. The second kappa shape index (κ2) is 8.08. The number of morpholine rings is 1. The topological polar surface area (TPSA) is 50.8 Å². The molecule has 5 nitrogen and oxygen atoms in total. The maximum absolute atomic E-state index is 12.8. The summed E-state index contributed by atoms with van der Waals surface area (Å²) in [5.41, 5.74) is 2.08. The Hall–Kier alpha value is -1.76. The largest absolute Gasteiger partial charge is 0.496 e. The van der Waals surface area contributed by atoms with E-state index in [1.54, 1.807) is 18.2 Å². The predicted octanol–water partition coefficient (Wildman–Crippen LogP) is 4.20. The maximum atomic E-state index is 12.8. The summed E-state index contributed by atoms with van der Waals surface area (Å²) in [5, 5.41) is 3.46. The molecule has 1 heterocycles. The van der Waals surface area contributed by atoms with E-state index in [0.717, 1.165) is 28.9 Å². The molecule has 132 valence electrons. The van der Waals surface area contributed by atoms with E-state index in [1.165, 1.54) is 7.11 Å². The van der Waals surface area contributed by atoms with Gasteiger partial charge in [-0.2, -0.15) is 0 Å². The van der Waals surface area contributed by atoms with Crippen molar-refractivity contribution in [3.63, 3.8) is 0 Å². The van der Waals surface area contributed by atoms with Gasteiger partial charge in [-0.3, -0.25) is 4.79 Å². The molecule has 1 aliphatic rings. The number of hydrogen-bond acceptors (Lipinski definition) is 4. The number of carbonyl (C=O) groups excluding carboxylic acids is 1. The molecule has 7 heteroatoms. The van der Waals surface area contributed by atoms with Crippen LogP contribution in [-0.4, -0.2) is 39.3 Å². The molecular formula is C18H18BrClN2O3. The van der Waals surface area contributed by atoms with Crippen LogP contribution in [0, 0.1) is 0 Å². The Bertz CT molecular complexity index is 779. The SMILES string of the molecule is COc1ccc(Cl)cc1C(=O)Nc1cc(Br)ccc1N1CCOCC1. The minimum Gasteiger partial charge on any atom is -0.496 e. The highest BCUT2D eigenvalue weighted by molar-refractivity contribution is 9.10. The molecule has 0 spiro atoms. The van der Waals surface area contributed by atoms with Gasteiger partial charge in [0.25, 0.3) is 5.91 Å². The fourth-order valence-corrected chi connectivity index (χ4v) is 3.27. The molecule has 2 aromatic carbocycles. The van der Waals surface area contributed by atoms with Crippen molar-refractivity contribution in [2.45, 2.75) is 0 Å². The van der Waals surface area contributed by atoms with Gasteiger partial charge in [-0.25, -0.2) is 0 Å². The van der Waals surface area contributed by atoms with Crippen LogP contribution in [0.3, 0.4) is 0 Å². The number of ether oxygens (including phenoxy) is 2. The first-order chi connectivity index (χ1) is 12.1. The first-order valence-corrected chi connectivity index (χ1v) is 9.02. The third-order valence-corrected chi connectivity index (χ3v) is 4.69. The molecule has 0 atom stereocenters. The van der Waals surface area contributed by atoms with Gasteiger partial charge in [0.2, 0.25) is 0 Å². The van der Waals surface area contributed by atoms with E-state index in [9.17, 15) is 4.79 Å². The summed E-state index contributed by atoms with van der Waals surface area (Å²) in [7, 11) is 1.53. The molecular weight excluding hydrogens is 408 g/mol. The van der Waals surface area contributed by atoms with Crippen molar-refractivity contribution < 1.29 is 14.3 Å². The van der Waals surface area contributed by atoms with Crippen LogP contribution >= 0.6 is 27.5 Å². The molecule has 1 amide bonds. The average molecular weight is 426 g/mol. The van der Waals surface area contributed by atoms with E-state index in [2.05, 4.69) is 26.1 Å². The monoisotopic (exact) mass is 424 g/mol. The molecule has 2 aromatic rings. The van der Waals surface area contributed by atoms with Gasteiger partial charge < -0.3 is 19.7 Å². The lowest BCUT2D eigenvalue weighted by Gasteiger charge is -2.30. The number of carbonyl (C=O) groups is 1. The Morgan fingerprint density at radius 2 is 2.00 bits per heavy atom. The molecule has 0 aromatic heterocycles. The van der Waals surface area contributed by atoms with Crippen LogP contribution in [0.5, 0.6) is 5.75 Å². The number of nitrogens with one attached hydrogen (secondary N) is 1. The van der Waals surface area contributed by atoms with E-state index in [4.69, 9.17) is 21.1 Å². The highest BCUT2D eigenvalue weighted by Gasteiger charge is 2.19. The molecule has 3 rings (SSSR count). The summed E-state index contributed by atoms with van der Waals surface area (Å²) in [6, 6.07) is 10.8. The van der Waals surface area contributed by atoms with E-state index in [0.29, 0.717) is 29.5 Å². The molecule has 1 N–H and O–H groups in total. The Morgan fingerprint density at radius 3 is 2.72 bits per heavy atom. The number of hydrogen-bond donors (Lipinski definition) is 1. The van der Waals surface area contributed by atoms with Crippen LogP contribution in [-0.2, 0) is 4.74 Å². The number of rotatable bonds is 4. The third-order valence-electron chi connectivity index (χ3n) is 3.96. The first kappa shape index (κ1) is 18.0. The smallest absolute Gasteiger partial charge is 0.259 e. The molecule has 0 bridgehead atoms. The van der Waals surface area contributed by atoms with Gasteiger partial charge in [-0.1, -0.05) is 27.5 Å². The second-order valence-corrected chi connectivity index (χ2v) is 6.91. The number of methoxy groups -OCH3 is 1. The minimum absolute atomic E-state index is 0.271. The summed E-state index contributed by atoms with van der Waals surface area (Å²) in [4.78, 5) is 15.0. The van der Waals surface area contributed by atoms with Gasteiger partial charge in [-0.15, -0.1) is 0 Å². The lowest BCUT2D eigenvalue weighted by molar-refractivity contribution is 0.102. The standard InChI is InChI=1S/C18H18BrClN2O3/c1-24-17-5-3-13(20)11-14(17)18(23)21-15-10-12(19)2-4-16(15)22-6-8-25-9-7-22/h2-5,10-11H,6-9H2,1H3,(H,21,23). The number of halogens is 2. The van der Waals surface area contributed by atoms with Crippen molar-refractivity contribution in [1.82, 2.24) is 0 Å². The Kier molecular flexibility index (Phi) is 5.83. The summed E-state index contributed by atoms with van der Waals surface area (Å²) in [6.45, 7) is 2.91. The molecule has 0 saturated carbocycles. The normalized spacial score (nSPS) is 14.3. The molecule has 1 fully saturated rings. The lowest BCUT2D eigenvalue weighted by atomic mass is 10.1. The first-order valence-electron chi connectivity index (χ1n) is 7.85. The van der Waals surface area contributed by atoms with E-state index in [-0.39, 0.29) is 5.91 Å². The zero-order valence-corrected chi connectivity index (χ0v) is 16.1. The van der Waals surface area contributed by atoms with Gasteiger partial charge in [-0.05, 0) is 36.4 Å². The van der Waals surface area contributed by atoms with Gasteiger partial charge in [0.15, 0.2) is 0 Å². The highest BCUT2D eigenvalue weighted by Crippen LogP contribution is 2.31. The van der Waals surface area contributed by atoms with E-state index < -0.39 is 0 Å². The number of amides is 1. The summed E-state index contributed by atoms with van der Waals surface area (Å²) < 4.78 is 11.6. The van der Waals surface area contributed by atoms with Crippen LogP contribution in [0.2, 0.25) is 5.02 Å². The zero-order valence-electron chi connectivity index (χ0n) is 13.7. The van der Waals surface area contributed by atoms with Gasteiger partial charge >= 0.3 is 0 Å². The Labute approximate surface area is 160 Å². The van der Waals surface area contributed by atoms with Crippen molar-refractivity contribution in [3.8, 4) is 5.75 Å². The molecule has 0 radical (unpaired) electrons. The van der Waals surface area contributed by atoms with Crippen LogP contribution in [0.15, 0.2) is 40.9 Å². The third kappa shape index (κ3) is 4.26. The quantitative estimate of drug-likeness (QED) is 0.798. The minimum atomic E-state index is -0.271. The Morgan fingerprint density at radius 1 is 1.24 bits per heavy atom. The van der Waals surface area contributed by atoms with Crippen LogP contribution < -0.4 is 15.0 Å². The van der Waals surface area contributed by atoms with Gasteiger partial charge in [0.05, 0.1) is 37.3 Å². The molecule has 0 aliphatic carbocycles. The van der Waals surface area contributed by atoms with Crippen LogP contribution in [0.4, 0.5) is 11.4 Å². The Balaban J connectivity index is 1.90. The van der Waals surface area contributed by atoms with Crippen molar-refractivity contribution in [2.75, 3.05) is 43.6 Å². The molecule has 1 aliphatic heterocycles. The van der Waals surface area contributed by atoms with Crippen LogP contribution in [0.1, 0.15) is 10.4 Å². The average Bonchev–Trinajstić information content (AvgIpc) is 2.62. The van der Waals surface area contributed by atoms with Gasteiger partial charge in [0, 0.05) is 22.6 Å². The van der Waals surface area contributed by atoms with E-state index >= 15 is 0 Å². The zero-order chi connectivity index (χ0) is 17.8. The summed E-state index contributed by atoms with van der Waals surface area (Å²) in [5.74, 6) is 0.205. The maximum Gasteiger partial charge on any atom is 0.259 e. The summed E-state index contributed by atoms with van der Waals surface area (Å²) in [6.07, 6.45) is 0.